The zero-order valence-electron chi connectivity index (χ0n) is 17.8. The van der Waals surface area contributed by atoms with Crippen LogP contribution in [0.1, 0.15) is 30.1 Å². The predicted octanol–water partition coefficient (Wildman–Crippen LogP) is 3.38. The van der Waals surface area contributed by atoms with Gasteiger partial charge in [-0.3, -0.25) is 9.69 Å². The molecule has 174 valence electrons. The van der Waals surface area contributed by atoms with Crippen molar-refractivity contribution in [2.45, 2.75) is 36.5 Å². The molecular formula is C22H26Cl2N2O5S. The number of nitrogens with one attached hydrogen (secondary N) is 1. The summed E-state index contributed by atoms with van der Waals surface area (Å²) in [5, 5.41) is 14.2. The summed E-state index contributed by atoms with van der Waals surface area (Å²) >= 11 is 12.0. The Morgan fingerprint density at radius 2 is 1.84 bits per heavy atom. The lowest BCUT2D eigenvalue weighted by molar-refractivity contribution is -0.0187. The molecule has 0 radical (unpaired) electrons. The number of sulfone groups is 1. The minimum Gasteiger partial charge on any atom is -0.490 e. The minimum atomic E-state index is -3.58. The number of rotatable bonds is 7. The molecule has 2 aromatic rings. The molecule has 2 aromatic carbocycles. The molecule has 0 saturated carbocycles. The lowest BCUT2D eigenvalue weighted by atomic mass is 10.1. The van der Waals surface area contributed by atoms with Crippen molar-refractivity contribution >= 4 is 38.9 Å². The van der Waals surface area contributed by atoms with Crippen molar-refractivity contribution in [3.63, 3.8) is 0 Å². The van der Waals surface area contributed by atoms with Gasteiger partial charge >= 0.3 is 0 Å². The standard InChI is InChI=1S/C22H26Cl2N2O5S/c1-22(28,25-21(27)17-5-3-4-6-20(17)32(2,29)30)14-26-11-9-15(10-12-26)31-16-7-8-18(23)19(24)13-16/h3-8,13,15,28H,9-12,14H2,1-2H3,(H,25,27). The van der Waals surface area contributed by atoms with Crippen LogP contribution in [-0.4, -0.2) is 62.1 Å². The molecule has 3 rings (SSSR count). The average Bonchev–Trinajstić information content (AvgIpc) is 2.71. The van der Waals surface area contributed by atoms with Gasteiger partial charge in [-0.1, -0.05) is 35.3 Å². The van der Waals surface area contributed by atoms with Gasteiger partial charge in [0.05, 0.1) is 20.5 Å². The summed E-state index contributed by atoms with van der Waals surface area (Å²) < 4.78 is 29.9. The van der Waals surface area contributed by atoms with Crippen LogP contribution in [0.4, 0.5) is 0 Å². The molecule has 0 aliphatic carbocycles. The van der Waals surface area contributed by atoms with Crippen molar-refractivity contribution in [1.82, 2.24) is 10.2 Å². The van der Waals surface area contributed by atoms with Gasteiger partial charge in [0, 0.05) is 32.0 Å². The number of benzene rings is 2. The number of ether oxygens (including phenoxy) is 1. The topological polar surface area (TPSA) is 95.9 Å². The fraction of sp³-hybridized carbons (Fsp3) is 0.409. The maximum atomic E-state index is 12.7. The zero-order chi connectivity index (χ0) is 23.5. The maximum absolute atomic E-state index is 12.7. The van der Waals surface area contributed by atoms with Gasteiger partial charge in [0.1, 0.15) is 17.6 Å². The number of β-amino-alcohol motifs (C(OH)–C–C–N with tert-alkyl or cyclic N) is 1. The lowest BCUT2D eigenvalue weighted by Gasteiger charge is -2.37. The van der Waals surface area contributed by atoms with E-state index in [2.05, 4.69) is 5.32 Å². The van der Waals surface area contributed by atoms with E-state index in [1.807, 2.05) is 4.90 Å². The molecule has 10 heteroatoms. The summed E-state index contributed by atoms with van der Waals surface area (Å²) in [6.45, 7) is 3.02. The number of aliphatic hydroxyl groups is 1. The Morgan fingerprint density at radius 1 is 1.19 bits per heavy atom. The molecule has 7 nitrogen and oxygen atoms in total. The molecule has 1 fully saturated rings. The summed E-state index contributed by atoms with van der Waals surface area (Å²) in [7, 11) is -3.58. The molecule has 0 bridgehead atoms. The third kappa shape index (κ3) is 6.59. The van der Waals surface area contributed by atoms with Crippen LogP contribution in [0.5, 0.6) is 5.75 Å². The molecule has 1 unspecified atom stereocenters. The summed E-state index contributed by atoms with van der Waals surface area (Å²) in [5.41, 5.74) is -1.54. The van der Waals surface area contributed by atoms with E-state index < -0.39 is 21.5 Å². The van der Waals surface area contributed by atoms with E-state index in [4.69, 9.17) is 27.9 Å². The van der Waals surface area contributed by atoms with Crippen LogP contribution in [0.3, 0.4) is 0 Å². The molecule has 1 amide bonds. The summed E-state index contributed by atoms with van der Waals surface area (Å²) in [5.74, 6) is 0.00973. The van der Waals surface area contributed by atoms with E-state index >= 15 is 0 Å². The first-order valence-electron chi connectivity index (χ1n) is 10.1. The highest BCUT2D eigenvalue weighted by atomic mass is 35.5. The SMILES string of the molecule is CC(O)(CN1CCC(Oc2ccc(Cl)c(Cl)c2)CC1)NC(=O)c1ccccc1S(C)(=O)=O. The van der Waals surface area contributed by atoms with Crippen molar-refractivity contribution in [3.05, 3.63) is 58.1 Å². The Labute approximate surface area is 198 Å². The van der Waals surface area contributed by atoms with E-state index in [-0.39, 0.29) is 23.1 Å². The van der Waals surface area contributed by atoms with Crippen LogP contribution < -0.4 is 10.1 Å². The highest BCUT2D eigenvalue weighted by Gasteiger charge is 2.31. The molecule has 1 saturated heterocycles. The van der Waals surface area contributed by atoms with Gasteiger partial charge in [-0.25, -0.2) is 8.42 Å². The van der Waals surface area contributed by atoms with Crippen LogP contribution in [0, 0.1) is 0 Å². The van der Waals surface area contributed by atoms with Crippen molar-refractivity contribution in [2.24, 2.45) is 0 Å². The molecule has 0 spiro atoms. The summed E-state index contributed by atoms with van der Waals surface area (Å²) in [4.78, 5) is 14.6. The zero-order valence-corrected chi connectivity index (χ0v) is 20.2. The Hall–Kier alpha value is -1.84. The van der Waals surface area contributed by atoms with Crippen molar-refractivity contribution in [2.75, 3.05) is 25.9 Å². The van der Waals surface area contributed by atoms with Crippen LogP contribution in [-0.2, 0) is 9.84 Å². The van der Waals surface area contributed by atoms with Gasteiger partial charge in [0.25, 0.3) is 5.91 Å². The highest BCUT2D eigenvalue weighted by Crippen LogP contribution is 2.28. The predicted molar refractivity (Wildman–Crippen MR) is 124 cm³/mol. The van der Waals surface area contributed by atoms with Gasteiger partial charge < -0.3 is 15.2 Å². The number of hydrogen-bond donors (Lipinski definition) is 2. The number of carbonyl (C=O) groups is 1. The smallest absolute Gasteiger partial charge is 0.254 e. The summed E-state index contributed by atoms with van der Waals surface area (Å²) in [6, 6.07) is 11.1. The van der Waals surface area contributed by atoms with Crippen LogP contribution in [0.2, 0.25) is 10.0 Å². The van der Waals surface area contributed by atoms with Crippen molar-refractivity contribution < 1.29 is 23.1 Å². The van der Waals surface area contributed by atoms with Crippen LogP contribution in [0.25, 0.3) is 0 Å². The van der Waals surface area contributed by atoms with Crippen molar-refractivity contribution in [1.29, 1.82) is 0 Å². The Balaban J connectivity index is 1.55. The summed E-state index contributed by atoms with van der Waals surface area (Å²) in [6.07, 6.45) is 2.52. The fourth-order valence-corrected chi connectivity index (χ4v) is 4.87. The van der Waals surface area contributed by atoms with E-state index in [0.717, 1.165) is 19.1 Å². The number of piperidine rings is 1. The number of halogens is 2. The molecule has 1 aliphatic rings. The molecule has 32 heavy (non-hydrogen) atoms. The van der Waals surface area contributed by atoms with E-state index in [9.17, 15) is 18.3 Å². The monoisotopic (exact) mass is 500 g/mol. The van der Waals surface area contributed by atoms with Gasteiger partial charge in [-0.15, -0.1) is 0 Å². The second-order valence-corrected chi connectivity index (χ2v) is 11.0. The minimum absolute atomic E-state index is 0.00371. The number of likely N-dealkylation sites (tertiary alicyclic amines) is 1. The van der Waals surface area contributed by atoms with Crippen molar-refractivity contribution in [3.8, 4) is 5.75 Å². The molecule has 1 aliphatic heterocycles. The Kier molecular flexibility index (Phi) is 7.73. The normalized spacial score (nSPS) is 17.5. The number of nitrogens with zero attached hydrogens (tertiary/aromatic N) is 1. The first kappa shape index (κ1) is 24.8. The Morgan fingerprint density at radius 3 is 2.47 bits per heavy atom. The molecule has 0 aromatic heterocycles. The lowest BCUT2D eigenvalue weighted by Crippen LogP contribution is -2.55. The van der Waals surface area contributed by atoms with Crippen LogP contribution in [0.15, 0.2) is 47.4 Å². The molecule has 1 heterocycles. The molecule has 2 N–H and O–H groups in total. The first-order valence-corrected chi connectivity index (χ1v) is 12.8. The third-order valence-corrected chi connectivity index (χ3v) is 7.07. The highest BCUT2D eigenvalue weighted by molar-refractivity contribution is 7.90. The third-order valence-electron chi connectivity index (χ3n) is 5.17. The van der Waals surface area contributed by atoms with E-state index in [1.165, 1.54) is 19.1 Å². The Bertz CT molecular complexity index is 1080. The van der Waals surface area contributed by atoms with E-state index in [1.54, 1.807) is 30.3 Å². The first-order chi connectivity index (χ1) is 14.9. The van der Waals surface area contributed by atoms with Gasteiger partial charge in [-0.05, 0) is 44.0 Å². The second kappa shape index (κ2) is 9.97. The quantitative estimate of drug-likeness (QED) is 0.565. The fourth-order valence-electron chi connectivity index (χ4n) is 3.69. The number of hydrogen-bond acceptors (Lipinski definition) is 6. The molecule has 1 atom stereocenters. The van der Waals surface area contributed by atoms with Crippen LogP contribution >= 0.6 is 23.2 Å². The maximum Gasteiger partial charge on any atom is 0.254 e. The van der Waals surface area contributed by atoms with E-state index in [0.29, 0.717) is 28.9 Å². The average molecular weight is 501 g/mol. The number of carbonyl (C=O) groups excluding carboxylic acids is 1. The van der Waals surface area contributed by atoms with Gasteiger partial charge in [0.15, 0.2) is 9.84 Å². The number of amides is 1. The van der Waals surface area contributed by atoms with Gasteiger partial charge in [0.2, 0.25) is 0 Å². The van der Waals surface area contributed by atoms with Gasteiger partial charge in [-0.2, -0.15) is 0 Å². The largest absolute Gasteiger partial charge is 0.490 e. The molecular weight excluding hydrogens is 475 g/mol. The second-order valence-electron chi connectivity index (χ2n) is 8.17.